The maximum absolute atomic E-state index is 12.6. The standard InChI is InChI=1S/C12H12F3N3O/c13-12(14,15)9-4-1-3-8(7-9)11-17-10(19-18-11)5-2-6-16/h1,3-4,7H,2,5-6,16H2. The SMILES string of the molecule is NCCCc1nc(-c2cccc(C(F)(F)F)c2)no1. The van der Waals surface area contributed by atoms with Crippen molar-refractivity contribution < 1.29 is 17.7 Å². The van der Waals surface area contributed by atoms with E-state index >= 15 is 0 Å². The number of aromatic nitrogens is 2. The molecule has 2 aromatic rings. The number of aryl methyl sites for hydroxylation is 1. The summed E-state index contributed by atoms with van der Waals surface area (Å²) in [5, 5.41) is 3.67. The number of rotatable bonds is 4. The highest BCUT2D eigenvalue weighted by atomic mass is 19.4. The maximum Gasteiger partial charge on any atom is 0.416 e. The predicted octanol–water partition coefficient (Wildman–Crippen LogP) is 2.65. The van der Waals surface area contributed by atoms with Crippen molar-refractivity contribution in [1.82, 2.24) is 10.1 Å². The molecule has 2 N–H and O–H groups in total. The zero-order valence-corrected chi connectivity index (χ0v) is 9.94. The van der Waals surface area contributed by atoms with Gasteiger partial charge in [-0.1, -0.05) is 17.3 Å². The van der Waals surface area contributed by atoms with Crippen LogP contribution < -0.4 is 5.73 Å². The third kappa shape index (κ3) is 3.31. The topological polar surface area (TPSA) is 64.9 Å². The van der Waals surface area contributed by atoms with Crippen molar-refractivity contribution in [2.75, 3.05) is 6.54 Å². The summed E-state index contributed by atoms with van der Waals surface area (Å²) in [7, 11) is 0. The summed E-state index contributed by atoms with van der Waals surface area (Å²) in [5.41, 5.74) is 4.89. The molecule has 0 radical (unpaired) electrons. The van der Waals surface area contributed by atoms with Crippen LogP contribution in [0.15, 0.2) is 28.8 Å². The molecule has 1 heterocycles. The fourth-order valence-corrected chi connectivity index (χ4v) is 1.56. The van der Waals surface area contributed by atoms with Crippen LogP contribution in [0, 0.1) is 0 Å². The Hall–Kier alpha value is -1.89. The summed E-state index contributed by atoms with van der Waals surface area (Å²) in [6.07, 6.45) is -3.19. The Morgan fingerprint density at radius 2 is 2.05 bits per heavy atom. The predicted molar refractivity (Wildman–Crippen MR) is 62.1 cm³/mol. The quantitative estimate of drug-likeness (QED) is 0.928. The monoisotopic (exact) mass is 271 g/mol. The Morgan fingerprint density at radius 1 is 1.26 bits per heavy atom. The molecule has 0 aliphatic heterocycles. The summed E-state index contributed by atoms with van der Waals surface area (Å²) < 4.78 is 42.7. The van der Waals surface area contributed by atoms with Crippen LogP contribution in [0.5, 0.6) is 0 Å². The van der Waals surface area contributed by atoms with Crippen LogP contribution in [0.2, 0.25) is 0 Å². The van der Waals surface area contributed by atoms with Gasteiger partial charge in [0.2, 0.25) is 11.7 Å². The average Bonchev–Trinajstić information content (AvgIpc) is 2.84. The molecule has 2 rings (SSSR count). The Kier molecular flexibility index (Phi) is 3.84. The molecule has 0 aliphatic carbocycles. The van der Waals surface area contributed by atoms with Crippen molar-refractivity contribution >= 4 is 0 Å². The van der Waals surface area contributed by atoms with Crippen LogP contribution in [-0.4, -0.2) is 16.7 Å². The Labute approximate surface area is 107 Å². The molecule has 0 spiro atoms. The summed E-state index contributed by atoms with van der Waals surface area (Å²) in [5.74, 6) is 0.524. The van der Waals surface area contributed by atoms with Crippen LogP contribution in [0.25, 0.3) is 11.4 Å². The van der Waals surface area contributed by atoms with E-state index in [0.717, 1.165) is 12.1 Å². The fourth-order valence-electron chi connectivity index (χ4n) is 1.56. The van der Waals surface area contributed by atoms with E-state index in [0.29, 0.717) is 25.3 Å². The van der Waals surface area contributed by atoms with Gasteiger partial charge in [-0.3, -0.25) is 0 Å². The normalized spacial score (nSPS) is 11.8. The molecule has 0 unspecified atom stereocenters. The van der Waals surface area contributed by atoms with Crippen molar-refractivity contribution in [2.45, 2.75) is 19.0 Å². The second-order valence-corrected chi connectivity index (χ2v) is 3.98. The number of hydrogen-bond acceptors (Lipinski definition) is 4. The van der Waals surface area contributed by atoms with Crippen molar-refractivity contribution in [3.63, 3.8) is 0 Å². The molecule has 0 amide bonds. The Morgan fingerprint density at radius 3 is 2.74 bits per heavy atom. The largest absolute Gasteiger partial charge is 0.416 e. The van der Waals surface area contributed by atoms with Crippen molar-refractivity contribution in [2.24, 2.45) is 5.73 Å². The van der Waals surface area contributed by atoms with Crippen molar-refractivity contribution in [3.05, 3.63) is 35.7 Å². The second kappa shape index (κ2) is 5.40. The van der Waals surface area contributed by atoms with Gasteiger partial charge < -0.3 is 10.3 Å². The van der Waals surface area contributed by atoms with E-state index in [1.54, 1.807) is 0 Å². The first-order valence-electron chi connectivity index (χ1n) is 5.71. The molecule has 0 fully saturated rings. The van der Waals surface area contributed by atoms with Gasteiger partial charge in [-0.05, 0) is 25.1 Å². The molecule has 0 atom stereocenters. The van der Waals surface area contributed by atoms with Crippen LogP contribution in [0.4, 0.5) is 13.2 Å². The molecule has 0 bridgehead atoms. The van der Waals surface area contributed by atoms with Gasteiger partial charge in [0, 0.05) is 12.0 Å². The smallest absolute Gasteiger partial charge is 0.339 e. The lowest BCUT2D eigenvalue weighted by atomic mass is 10.1. The minimum atomic E-state index is -4.39. The Bertz CT molecular complexity index is 551. The van der Waals surface area contributed by atoms with Gasteiger partial charge in [-0.25, -0.2) is 0 Å². The van der Waals surface area contributed by atoms with Crippen LogP contribution in [-0.2, 0) is 12.6 Å². The number of nitrogens with zero attached hydrogens (tertiary/aromatic N) is 2. The van der Waals surface area contributed by atoms with E-state index in [-0.39, 0.29) is 11.4 Å². The summed E-state index contributed by atoms with van der Waals surface area (Å²) in [4.78, 5) is 4.04. The molecule has 19 heavy (non-hydrogen) atoms. The van der Waals surface area contributed by atoms with Gasteiger partial charge in [-0.2, -0.15) is 18.2 Å². The first kappa shape index (κ1) is 13.5. The van der Waals surface area contributed by atoms with E-state index in [1.165, 1.54) is 12.1 Å². The highest BCUT2D eigenvalue weighted by Gasteiger charge is 2.30. The van der Waals surface area contributed by atoms with E-state index < -0.39 is 11.7 Å². The highest BCUT2D eigenvalue weighted by molar-refractivity contribution is 5.55. The summed E-state index contributed by atoms with van der Waals surface area (Å²) >= 11 is 0. The van der Waals surface area contributed by atoms with Crippen LogP contribution >= 0.6 is 0 Å². The Balaban J connectivity index is 2.24. The van der Waals surface area contributed by atoms with E-state index in [4.69, 9.17) is 10.3 Å². The first-order chi connectivity index (χ1) is 9.00. The van der Waals surface area contributed by atoms with E-state index in [9.17, 15) is 13.2 Å². The van der Waals surface area contributed by atoms with Crippen LogP contribution in [0.1, 0.15) is 17.9 Å². The minimum absolute atomic E-state index is 0.151. The molecule has 7 heteroatoms. The summed E-state index contributed by atoms with van der Waals surface area (Å²) in [6, 6.07) is 4.82. The fraction of sp³-hybridized carbons (Fsp3) is 0.333. The lowest BCUT2D eigenvalue weighted by Gasteiger charge is -2.06. The molecule has 1 aromatic heterocycles. The molecular formula is C12H12F3N3O. The second-order valence-electron chi connectivity index (χ2n) is 3.98. The average molecular weight is 271 g/mol. The summed E-state index contributed by atoms with van der Waals surface area (Å²) in [6.45, 7) is 0.487. The van der Waals surface area contributed by atoms with Crippen molar-refractivity contribution in [3.8, 4) is 11.4 Å². The van der Waals surface area contributed by atoms with Gasteiger partial charge in [-0.15, -0.1) is 0 Å². The molecule has 0 saturated carbocycles. The molecule has 0 aliphatic rings. The molecule has 4 nitrogen and oxygen atoms in total. The maximum atomic E-state index is 12.6. The molecule has 102 valence electrons. The number of benzene rings is 1. The van der Waals surface area contributed by atoms with Gasteiger partial charge in [0.25, 0.3) is 0 Å². The zero-order chi connectivity index (χ0) is 13.9. The third-order valence-electron chi connectivity index (χ3n) is 2.51. The van der Waals surface area contributed by atoms with Crippen LogP contribution in [0.3, 0.4) is 0 Å². The lowest BCUT2D eigenvalue weighted by Crippen LogP contribution is -2.04. The number of nitrogens with two attached hydrogens (primary N) is 1. The molecular weight excluding hydrogens is 259 g/mol. The van der Waals surface area contributed by atoms with E-state index in [2.05, 4.69) is 10.1 Å². The molecule has 0 saturated heterocycles. The number of hydrogen-bond donors (Lipinski definition) is 1. The zero-order valence-electron chi connectivity index (χ0n) is 9.94. The minimum Gasteiger partial charge on any atom is -0.339 e. The van der Waals surface area contributed by atoms with Gasteiger partial charge in [0.05, 0.1) is 5.56 Å². The van der Waals surface area contributed by atoms with Gasteiger partial charge >= 0.3 is 6.18 Å². The van der Waals surface area contributed by atoms with Gasteiger partial charge in [0.15, 0.2) is 0 Å². The first-order valence-corrected chi connectivity index (χ1v) is 5.71. The highest BCUT2D eigenvalue weighted by Crippen LogP contribution is 2.31. The molecule has 1 aromatic carbocycles. The third-order valence-corrected chi connectivity index (χ3v) is 2.51. The van der Waals surface area contributed by atoms with E-state index in [1.807, 2.05) is 0 Å². The number of halogens is 3. The van der Waals surface area contributed by atoms with Gasteiger partial charge in [0.1, 0.15) is 0 Å². The number of alkyl halides is 3. The van der Waals surface area contributed by atoms with Crippen molar-refractivity contribution in [1.29, 1.82) is 0 Å². The lowest BCUT2D eigenvalue weighted by molar-refractivity contribution is -0.137.